The number of rotatable bonds is 3. The summed E-state index contributed by atoms with van der Waals surface area (Å²) in [5.74, 6) is 0.00434. The standard InChI is InChI=1S/C12H21NO3/c1-12(2,3)16-11(14)9-4-5-13(6-9)7-10-8-15-10/h9-10H,4-8H2,1-3H3. The van der Waals surface area contributed by atoms with Gasteiger partial charge < -0.3 is 9.47 Å². The monoisotopic (exact) mass is 227 g/mol. The fraction of sp³-hybridized carbons (Fsp3) is 0.917. The van der Waals surface area contributed by atoms with Gasteiger partial charge in [0, 0.05) is 13.1 Å². The number of carbonyl (C=O) groups is 1. The third-order valence-electron chi connectivity index (χ3n) is 2.88. The Kier molecular flexibility index (Phi) is 3.22. The van der Waals surface area contributed by atoms with Gasteiger partial charge in [0.05, 0.1) is 18.6 Å². The molecule has 0 spiro atoms. The second kappa shape index (κ2) is 4.34. The van der Waals surface area contributed by atoms with E-state index in [1.54, 1.807) is 0 Å². The Bertz CT molecular complexity index is 268. The van der Waals surface area contributed by atoms with Gasteiger partial charge in [-0.2, -0.15) is 0 Å². The zero-order chi connectivity index (χ0) is 11.8. The topological polar surface area (TPSA) is 42.1 Å². The summed E-state index contributed by atoms with van der Waals surface area (Å²) in [5.41, 5.74) is -0.371. The predicted octanol–water partition coefficient (Wildman–Crippen LogP) is 1.05. The van der Waals surface area contributed by atoms with E-state index in [1.807, 2.05) is 20.8 Å². The van der Waals surface area contributed by atoms with Gasteiger partial charge in [-0.3, -0.25) is 9.69 Å². The van der Waals surface area contributed by atoms with Crippen molar-refractivity contribution in [2.45, 2.75) is 38.9 Å². The van der Waals surface area contributed by atoms with E-state index < -0.39 is 0 Å². The maximum atomic E-state index is 11.8. The van der Waals surface area contributed by atoms with Crippen molar-refractivity contribution >= 4 is 5.97 Å². The second-order valence-corrected chi connectivity index (χ2v) is 5.73. The minimum atomic E-state index is -0.371. The van der Waals surface area contributed by atoms with Crippen LogP contribution in [0.15, 0.2) is 0 Å². The van der Waals surface area contributed by atoms with E-state index in [4.69, 9.17) is 9.47 Å². The molecule has 0 radical (unpaired) electrons. The van der Waals surface area contributed by atoms with Crippen molar-refractivity contribution in [1.82, 2.24) is 4.90 Å². The van der Waals surface area contributed by atoms with Crippen molar-refractivity contribution in [3.8, 4) is 0 Å². The predicted molar refractivity (Wildman–Crippen MR) is 60.1 cm³/mol. The van der Waals surface area contributed by atoms with Crippen LogP contribution in [-0.4, -0.2) is 48.8 Å². The highest BCUT2D eigenvalue weighted by molar-refractivity contribution is 5.73. The van der Waals surface area contributed by atoms with E-state index in [0.29, 0.717) is 6.10 Å². The lowest BCUT2D eigenvalue weighted by Gasteiger charge is -2.22. The van der Waals surface area contributed by atoms with Crippen molar-refractivity contribution < 1.29 is 14.3 Å². The Labute approximate surface area is 96.9 Å². The molecular weight excluding hydrogens is 206 g/mol. The maximum absolute atomic E-state index is 11.8. The van der Waals surface area contributed by atoms with E-state index in [2.05, 4.69) is 4.90 Å². The molecule has 2 aliphatic rings. The van der Waals surface area contributed by atoms with Crippen LogP contribution < -0.4 is 0 Å². The first-order valence-electron chi connectivity index (χ1n) is 6.01. The average molecular weight is 227 g/mol. The molecule has 0 saturated carbocycles. The molecule has 2 unspecified atom stereocenters. The van der Waals surface area contributed by atoms with E-state index >= 15 is 0 Å². The molecule has 2 fully saturated rings. The summed E-state index contributed by atoms with van der Waals surface area (Å²) < 4.78 is 10.6. The minimum Gasteiger partial charge on any atom is -0.460 e. The molecule has 0 aliphatic carbocycles. The van der Waals surface area contributed by atoms with Gasteiger partial charge >= 0.3 is 5.97 Å². The first-order chi connectivity index (χ1) is 7.44. The first kappa shape index (κ1) is 11.9. The van der Waals surface area contributed by atoms with E-state index in [0.717, 1.165) is 32.7 Å². The summed E-state index contributed by atoms with van der Waals surface area (Å²) in [7, 11) is 0. The molecule has 2 aliphatic heterocycles. The summed E-state index contributed by atoms with van der Waals surface area (Å²) in [6, 6.07) is 0. The van der Waals surface area contributed by atoms with Crippen molar-refractivity contribution in [3.63, 3.8) is 0 Å². The molecule has 2 saturated heterocycles. The molecule has 0 N–H and O–H groups in total. The SMILES string of the molecule is CC(C)(C)OC(=O)C1CCN(CC2CO2)C1. The second-order valence-electron chi connectivity index (χ2n) is 5.73. The third-order valence-corrected chi connectivity index (χ3v) is 2.88. The van der Waals surface area contributed by atoms with Gasteiger partial charge in [-0.1, -0.05) is 0 Å². The lowest BCUT2D eigenvalue weighted by Crippen LogP contribution is -2.31. The number of carbonyl (C=O) groups excluding carboxylic acids is 1. The van der Waals surface area contributed by atoms with Gasteiger partial charge in [-0.15, -0.1) is 0 Å². The lowest BCUT2D eigenvalue weighted by molar-refractivity contribution is -0.159. The summed E-state index contributed by atoms with van der Waals surface area (Å²) in [6.07, 6.45) is 1.33. The van der Waals surface area contributed by atoms with Gasteiger partial charge in [0.25, 0.3) is 0 Å². The Morgan fingerprint density at radius 1 is 1.50 bits per heavy atom. The number of ether oxygens (including phenoxy) is 2. The van der Waals surface area contributed by atoms with Crippen molar-refractivity contribution in [2.75, 3.05) is 26.2 Å². The van der Waals surface area contributed by atoms with Crippen molar-refractivity contribution in [2.24, 2.45) is 5.92 Å². The van der Waals surface area contributed by atoms with Gasteiger partial charge in [0.15, 0.2) is 0 Å². The highest BCUT2D eigenvalue weighted by Gasteiger charge is 2.34. The number of esters is 1. The van der Waals surface area contributed by atoms with Crippen LogP contribution in [0.25, 0.3) is 0 Å². The quantitative estimate of drug-likeness (QED) is 0.534. The molecule has 0 amide bonds. The smallest absolute Gasteiger partial charge is 0.310 e. The normalized spacial score (nSPS) is 30.4. The van der Waals surface area contributed by atoms with Gasteiger partial charge in [0.1, 0.15) is 5.60 Å². The Morgan fingerprint density at radius 3 is 2.75 bits per heavy atom. The summed E-state index contributed by atoms with van der Waals surface area (Å²) in [4.78, 5) is 14.1. The van der Waals surface area contributed by atoms with Crippen LogP contribution in [0.1, 0.15) is 27.2 Å². The van der Waals surface area contributed by atoms with Crippen LogP contribution in [0.5, 0.6) is 0 Å². The molecule has 4 heteroatoms. The molecule has 2 rings (SSSR count). The molecule has 2 heterocycles. The number of epoxide rings is 1. The average Bonchev–Trinajstić information content (AvgIpc) is 2.78. The maximum Gasteiger partial charge on any atom is 0.310 e. The van der Waals surface area contributed by atoms with Gasteiger partial charge in [-0.05, 0) is 33.7 Å². The fourth-order valence-corrected chi connectivity index (χ4v) is 2.04. The van der Waals surface area contributed by atoms with E-state index in [9.17, 15) is 4.79 Å². The van der Waals surface area contributed by atoms with Crippen molar-refractivity contribution in [1.29, 1.82) is 0 Å². The number of likely N-dealkylation sites (tertiary alicyclic amines) is 1. The molecular formula is C12H21NO3. The van der Waals surface area contributed by atoms with Crippen LogP contribution in [-0.2, 0) is 14.3 Å². The minimum absolute atomic E-state index is 0.0493. The van der Waals surface area contributed by atoms with Crippen LogP contribution in [0.3, 0.4) is 0 Å². The highest BCUT2D eigenvalue weighted by atomic mass is 16.6. The fourth-order valence-electron chi connectivity index (χ4n) is 2.04. The third kappa shape index (κ3) is 3.46. The Balaban J connectivity index is 1.76. The van der Waals surface area contributed by atoms with E-state index in [-0.39, 0.29) is 17.5 Å². The van der Waals surface area contributed by atoms with Crippen molar-refractivity contribution in [3.05, 3.63) is 0 Å². The number of nitrogens with zero attached hydrogens (tertiary/aromatic N) is 1. The van der Waals surface area contributed by atoms with Crippen LogP contribution >= 0.6 is 0 Å². The zero-order valence-corrected chi connectivity index (χ0v) is 10.4. The Morgan fingerprint density at radius 2 is 2.19 bits per heavy atom. The molecule has 4 nitrogen and oxygen atoms in total. The molecule has 92 valence electrons. The van der Waals surface area contributed by atoms with Gasteiger partial charge in [0.2, 0.25) is 0 Å². The van der Waals surface area contributed by atoms with Crippen LogP contribution in [0, 0.1) is 5.92 Å². The zero-order valence-electron chi connectivity index (χ0n) is 10.4. The first-order valence-corrected chi connectivity index (χ1v) is 6.01. The summed E-state index contributed by atoms with van der Waals surface area (Å²) in [6.45, 7) is 9.41. The lowest BCUT2D eigenvalue weighted by atomic mass is 10.1. The number of hydrogen-bond donors (Lipinski definition) is 0. The molecule has 0 aromatic carbocycles. The Hall–Kier alpha value is -0.610. The summed E-state index contributed by atoms with van der Waals surface area (Å²) in [5, 5.41) is 0. The summed E-state index contributed by atoms with van der Waals surface area (Å²) >= 11 is 0. The molecule has 0 bridgehead atoms. The van der Waals surface area contributed by atoms with Crippen LogP contribution in [0.4, 0.5) is 0 Å². The molecule has 2 atom stereocenters. The van der Waals surface area contributed by atoms with Crippen LogP contribution in [0.2, 0.25) is 0 Å². The largest absolute Gasteiger partial charge is 0.460 e. The van der Waals surface area contributed by atoms with Gasteiger partial charge in [-0.25, -0.2) is 0 Å². The molecule has 0 aromatic heterocycles. The highest BCUT2D eigenvalue weighted by Crippen LogP contribution is 2.22. The molecule has 0 aromatic rings. The number of hydrogen-bond acceptors (Lipinski definition) is 4. The molecule has 16 heavy (non-hydrogen) atoms. The van der Waals surface area contributed by atoms with E-state index in [1.165, 1.54) is 0 Å².